The third kappa shape index (κ3) is 8.37. The summed E-state index contributed by atoms with van der Waals surface area (Å²) in [5.41, 5.74) is -5.12. The molecule has 0 saturated heterocycles. The topological polar surface area (TPSA) is 121 Å². The molecule has 244 valence electrons. The van der Waals surface area contributed by atoms with Gasteiger partial charge in [-0.25, -0.2) is 13.6 Å². The molecule has 3 aromatic carbocycles. The summed E-state index contributed by atoms with van der Waals surface area (Å²) in [6.45, 7) is -0.659. The van der Waals surface area contributed by atoms with Gasteiger partial charge in [-0.3, -0.25) is 13.9 Å². The van der Waals surface area contributed by atoms with Crippen molar-refractivity contribution in [3.63, 3.8) is 0 Å². The van der Waals surface area contributed by atoms with E-state index in [4.69, 9.17) is 4.74 Å². The van der Waals surface area contributed by atoms with Crippen molar-refractivity contribution in [3.8, 4) is 16.9 Å². The van der Waals surface area contributed by atoms with E-state index in [1.54, 1.807) is 30.3 Å². The minimum atomic E-state index is -5.00. The first-order valence-corrected chi connectivity index (χ1v) is 14.0. The van der Waals surface area contributed by atoms with Crippen LogP contribution in [0.3, 0.4) is 0 Å². The fraction of sp³-hybridized carbons (Fsp3) is 0.281. The molecule has 0 bridgehead atoms. The Morgan fingerprint density at radius 3 is 2.26 bits per heavy atom. The van der Waals surface area contributed by atoms with Crippen LogP contribution < -0.4 is 55.7 Å². The molecule has 1 aromatic heterocycles. The quantitative estimate of drug-likeness (QED) is 0.129. The van der Waals surface area contributed by atoms with Crippen molar-refractivity contribution in [2.24, 2.45) is 0 Å². The maximum atomic E-state index is 15.6. The summed E-state index contributed by atoms with van der Waals surface area (Å²) in [7, 11) is 1.18. The number of carbonyl (C=O) groups is 1. The third-order valence-corrected chi connectivity index (χ3v) is 7.64. The van der Waals surface area contributed by atoms with Gasteiger partial charge in [0, 0.05) is 34.8 Å². The van der Waals surface area contributed by atoms with Gasteiger partial charge >= 0.3 is 41.4 Å². The Balaban J connectivity index is 0.00000600. The molecule has 0 radical (unpaired) electrons. The van der Waals surface area contributed by atoms with Crippen molar-refractivity contribution in [1.82, 2.24) is 9.13 Å². The van der Waals surface area contributed by atoms with Crippen LogP contribution in [0.25, 0.3) is 11.1 Å². The van der Waals surface area contributed by atoms with Gasteiger partial charge < -0.3 is 24.9 Å². The zero-order valence-electron chi connectivity index (χ0n) is 25.7. The van der Waals surface area contributed by atoms with Gasteiger partial charge in [-0.15, -0.1) is 0 Å². The number of aliphatic carboxylic acids is 1. The van der Waals surface area contributed by atoms with Crippen molar-refractivity contribution >= 4 is 5.97 Å². The first kappa shape index (κ1) is 37.6. The molecule has 0 aliphatic rings. The largest absolute Gasteiger partial charge is 1.00 e. The number of quaternary nitrogens is 1. The molecular formula is C32H29F5N3NaO6. The fourth-order valence-corrected chi connectivity index (χ4v) is 5.30. The van der Waals surface area contributed by atoms with Crippen LogP contribution >= 0.6 is 0 Å². The van der Waals surface area contributed by atoms with Crippen LogP contribution in [0, 0.1) is 23.8 Å². The van der Waals surface area contributed by atoms with E-state index in [0.29, 0.717) is 16.2 Å². The number of rotatable bonds is 12. The molecule has 1 N–H and O–H groups in total. The second-order valence-corrected chi connectivity index (χ2v) is 10.5. The van der Waals surface area contributed by atoms with E-state index in [1.807, 2.05) is 0 Å². The van der Waals surface area contributed by atoms with E-state index in [0.717, 1.165) is 16.7 Å². The Bertz CT molecular complexity index is 1850. The number of carbonyl (C=O) groups excluding carboxylic acids is 1. The number of ether oxygens (including phenoxy) is 1. The Labute approximate surface area is 287 Å². The van der Waals surface area contributed by atoms with Crippen LogP contribution in [0.4, 0.5) is 22.0 Å². The fourth-order valence-electron chi connectivity index (χ4n) is 5.30. The monoisotopic (exact) mass is 669 g/mol. The summed E-state index contributed by atoms with van der Waals surface area (Å²) < 4.78 is 78.6. The van der Waals surface area contributed by atoms with E-state index < -0.39 is 82.3 Å². The molecule has 2 atom stereocenters. The number of halogens is 5. The minimum Gasteiger partial charge on any atom is -0.634 e. The van der Waals surface area contributed by atoms with Gasteiger partial charge in [-0.05, 0) is 31.5 Å². The molecule has 0 saturated carbocycles. The van der Waals surface area contributed by atoms with E-state index in [-0.39, 0.29) is 59.5 Å². The number of hydrogen-bond donors (Lipinski definition) is 1. The number of carboxylic acid groups (broad SMARTS) is 1. The number of alkyl halides is 3. The van der Waals surface area contributed by atoms with Gasteiger partial charge in [0.05, 0.1) is 37.9 Å². The van der Waals surface area contributed by atoms with Gasteiger partial charge in [0.25, 0.3) is 5.56 Å². The number of hydrogen-bond acceptors (Lipinski definition) is 6. The number of carboxylic acids is 1. The van der Waals surface area contributed by atoms with E-state index >= 15 is 4.39 Å². The number of nitrogens with one attached hydrogen (secondary N) is 1. The van der Waals surface area contributed by atoms with Crippen LogP contribution in [-0.4, -0.2) is 28.8 Å². The number of aromatic nitrogens is 2. The van der Waals surface area contributed by atoms with Gasteiger partial charge in [0.1, 0.15) is 11.9 Å². The number of hydroxylamine groups is 2. The van der Waals surface area contributed by atoms with Gasteiger partial charge in [0.2, 0.25) is 0 Å². The first-order valence-electron chi connectivity index (χ1n) is 14.0. The second-order valence-electron chi connectivity index (χ2n) is 10.5. The standard InChI is InChI=1S/C32H30F5N3O6.Na/c1-19-28(21-11-6-14-26(46-2)29(21)34)30(43)39(18-25(20-9-4-3-5-10-20)40(45)16-8-15-27(41)42)31(44)38(19)17-22-23(32(35,36)37)12-7-13-24(22)33;/h3-7,9-14,25,40H,8,15-18H2,1-2H3,(H,41,42);/q;+1/p-1/t25-;/m1./s1. The summed E-state index contributed by atoms with van der Waals surface area (Å²) in [4.78, 5) is 38.9. The van der Waals surface area contributed by atoms with Crippen LogP contribution in [-0.2, 0) is 24.1 Å². The minimum absolute atomic E-state index is 0. The maximum Gasteiger partial charge on any atom is 1.00 e. The SMILES string of the molecule is COc1cccc(-c2c(C)n(Cc3c(F)cccc3C(F)(F)F)c(=O)n(C[C@H](c3ccccc3)[NH+]([O-])CCCC(=O)[O-])c2=O)c1F.[Na+]. The molecule has 4 aromatic rings. The average Bonchev–Trinajstić information content (AvgIpc) is 3.00. The Morgan fingerprint density at radius 1 is 0.979 bits per heavy atom. The first-order chi connectivity index (χ1) is 21.8. The van der Waals surface area contributed by atoms with E-state index in [9.17, 15) is 42.3 Å². The van der Waals surface area contributed by atoms with Crippen LogP contribution in [0.2, 0.25) is 0 Å². The number of nitrogens with zero attached hydrogens (tertiary/aromatic N) is 2. The predicted molar refractivity (Wildman–Crippen MR) is 155 cm³/mol. The Morgan fingerprint density at radius 2 is 1.64 bits per heavy atom. The van der Waals surface area contributed by atoms with Gasteiger partial charge in [-0.1, -0.05) is 48.5 Å². The van der Waals surface area contributed by atoms with Crippen molar-refractivity contribution in [3.05, 3.63) is 127 Å². The van der Waals surface area contributed by atoms with Gasteiger partial charge in [-0.2, -0.15) is 13.2 Å². The molecular weight excluding hydrogens is 640 g/mol. The molecule has 9 nitrogen and oxygen atoms in total. The van der Waals surface area contributed by atoms with E-state index in [1.165, 1.54) is 32.2 Å². The molecule has 1 unspecified atom stereocenters. The van der Waals surface area contributed by atoms with Crippen LogP contribution in [0.5, 0.6) is 5.75 Å². The number of benzene rings is 3. The second kappa shape index (κ2) is 15.8. The summed E-state index contributed by atoms with van der Waals surface area (Å²) in [6, 6.07) is 12.9. The molecule has 0 spiro atoms. The summed E-state index contributed by atoms with van der Waals surface area (Å²) in [5, 5.41) is 23.8. The Kier molecular flexibility index (Phi) is 12.7. The molecule has 1 heterocycles. The van der Waals surface area contributed by atoms with Crippen molar-refractivity contribution in [2.45, 2.75) is 45.1 Å². The van der Waals surface area contributed by atoms with Crippen LogP contribution in [0.15, 0.2) is 76.3 Å². The zero-order chi connectivity index (χ0) is 33.8. The zero-order valence-corrected chi connectivity index (χ0v) is 27.7. The molecule has 0 amide bonds. The van der Waals surface area contributed by atoms with Crippen molar-refractivity contribution in [1.29, 1.82) is 0 Å². The van der Waals surface area contributed by atoms with Crippen molar-refractivity contribution < 1.29 is 71.2 Å². The average molecular weight is 670 g/mol. The Hall–Kier alpha value is -3.82. The van der Waals surface area contributed by atoms with E-state index in [2.05, 4.69) is 0 Å². The maximum absolute atomic E-state index is 15.6. The van der Waals surface area contributed by atoms with Crippen LogP contribution in [0.1, 0.15) is 41.3 Å². The molecule has 0 aliphatic heterocycles. The number of methoxy groups -OCH3 is 1. The third-order valence-electron chi connectivity index (χ3n) is 7.64. The molecule has 4 rings (SSSR count). The normalized spacial score (nSPS) is 12.7. The molecule has 47 heavy (non-hydrogen) atoms. The molecule has 0 fully saturated rings. The molecule has 0 aliphatic carbocycles. The van der Waals surface area contributed by atoms with Gasteiger partial charge in [0.15, 0.2) is 11.6 Å². The summed E-state index contributed by atoms with van der Waals surface area (Å²) in [6.07, 6.45) is -5.51. The predicted octanol–water partition coefficient (Wildman–Crippen LogP) is -0.00258. The smallest absolute Gasteiger partial charge is 0.634 e. The molecule has 15 heteroatoms. The summed E-state index contributed by atoms with van der Waals surface area (Å²) in [5.74, 6) is -3.91. The summed E-state index contributed by atoms with van der Waals surface area (Å²) >= 11 is 0. The van der Waals surface area contributed by atoms with Crippen molar-refractivity contribution in [2.75, 3.05) is 13.7 Å².